The monoisotopic (exact) mass is 691 g/mol. The first-order chi connectivity index (χ1) is 22.4. The topological polar surface area (TPSA) is 156 Å². The average molecular weight is 692 g/mol. The zero-order chi connectivity index (χ0) is 35.7. The van der Waals surface area contributed by atoms with Crippen LogP contribution < -0.4 is 15.0 Å². The van der Waals surface area contributed by atoms with Crippen molar-refractivity contribution in [2.75, 3.05) is 33.2 Å². The van der Waals surface area contributed by atoms with E-state index in [4.69, 9.17) is 35.3 Å². The number of amides is 3. The van der Waals surface area contributed by atoms with Crippen molar-refractivity contribution in [2.24, 2.45) is 5.92 Å². The number of hydrogen-bond donors (Lipinski definition) is 2. The van der Waals surface area contributed by atoms with E-state index in [-0.39, 0.29) is 23.8 Å². The number of epoxide rings is 1. The lowest BCUT2D eigenvalue weighted by molar-refractivity contribution is -0.161. The number of aliphatic hydroxyl groups is 1. The summed E-state index contributed by atoms with van der Waals surface area (Å²) in [4.78, 5) is 54.7. The number of hydrogen-bond acceptors (Lipinski definition) is 10. The number of methoxy groups -OCH3 is 2. The number of allylic oxidation sites excluding steroid dienone is 3. The maximum absolute atomic E-state index is 14.0. The van der Waals surface area contributed by atoms with Crippen LogP contribution in [0, 0.1) is 5.92 Å². The van der Waals surface area contributed by atoms with Gasteiger partial charge in [0.2, 0.25) is 11.8 Å². The molecule has 2 fully saturated rings. The minimum Gasteiger partial charge on any atom is -0.495 e. The van der Waals surface area contributed by atoms with Gasteiger partial charge >= 0.3 is 12.1 Å². The summed E-state index contributed by atoms with van der Waals surface area (Å²) in [6.07, 6.45) is 1.02. The van der Waals surface area contributed by atoms with Gasteiger partial charge in [-0.25, -0.2) is 9.59 Å². The molecule has 0 radical (unpaired) electrons. The van der Waals surface area contributed by atoms with Crippen molar-refractivity contribution >= 4 is 41.2 Å². The molecule has 13 nitrogen and oxygen atoms in total. The summed E-state index contributed by atoms with van der Waals surface area (Å²) in [6, 6.07) is 2.63. The van der Waals surface area contributed by atoms with Gasteiger partial charge in [0.25, 0.3) is 0 Å². The number of rotatable bonds is 5. The normalized spacial score (nSPS) is 33.2. The van der Waals surface area contributed by atoms with Crippen molar-refractivity contribution < 1.29 is 48.0 Å². The maximum Gasteiger partial charge on any atom is 0.409 e. The first-order valence-corrected chi connectivity index (χ1v) is 16.2. The van der Waals surface area contributed by atoms with E-state index >= 15 is 0 Å². The number of likely N-dealkylation sites (N-methyl/N-ethyl adjacent to an activating group) is 1. The first kappa shape index (κ1) is 37.2. The molecule has 0 aromatic heterocycles. The minimum absolute atomic E-state index is 0.0436. The molecule has 0 unspecified atom stereocenters. The SMILES string of the molecule is COc1cc2cc(c1Cl)N(C)C(=O)C[C@@H](OC(=O)[C@H](C)N(C)C(C)=O)[C@]1(C)O[C@H]1[C@@H](C)[C@@H]1C[C@@](O)(NC(=O)O1)[C@H](OC)/C=C/C=C(/C)C2. The molecule has 3 amide bonds. The Bertz CT molecular complexity index is 1500. The Morgan fingerprint density at radius 3 is 2.56 bits per heavy atom. The number of carbonyl (C=O) groups excluding carboxylic acids is 4. The summed E-state index contributed by atoms with van der Waals surface area (Å²) in [5, 5.41) is 14.4. The molecule has 4 rings (SSSR count). The molecule has 3 heterocycles. The molecule has 1 aromatic carbocycles. The molecule has 0 saturated carbocycles. The van der Waals surface area contributed by atoms with Gasteiger partial charge in [0.15, 0.2) is 5.72 Å². The molecule has 0 aliphatic carbocycles. The van der Waals surface area contributed by atoms with E-state index in [2.05, 4.69) is 5.32 Å². The Labute approximate surface area is 286 Å². The second kappa shape index (κ2) is 14.5. The zero-order valence-corrected chi connectivity index (χ0v) is 29.6. The fourth-order valence-electron chi connectivity index (χ4n) is 6.27. The summed E-state index contributed by atoms with van der Waals surface area (Å²) in [7, 11) is 5.97. The first-order valence-electron chi connectivity index (χ1n) is 15.8. The van der Waals surface area contributed by atoms with Crippen LogP contribution in [0.4, 0.5) is 10.5 Å². The molecule has 2 saturated heterocycles. The lowest BCUT2D eigenvalue weighted by Gasteiger charge is -2.42. The van der Waals surface area contributed by atoms with Crippen molar-refractivity contribution in [1.82, 2.24) is 10.2 Å². The summed E-state index contributed by atoms with van der Waals surface area (Å²) in [5.74, 6) is -1.63. The van der Waals surface area contributed by atoms with Crippen LogP contribution in [-0.2, 0) is 39.8 Å². The molecular weight excluding hydrogens is 646 g/mol. The van der Waals surface area contributed by atoms with Gasteiger partial charge in [0, 0.05) is 40.5 Å². The van der Waals surface area contributed by atoms with E-state index in [1.807, 2.05) is 13.0 Å². The van der Waals surface area contributed by atoms with Crippen LogP contribution in [0.15, 0.2) is 35.9 Å². The Morgan fingerprint density at radius 1 is 1.25 bits per heavy atom. The lowest BCUT2D eigenvalue weighted by atomic mass is 9.83. The number of nitrogens with zero attached hydrogens (tertiary/aromatic N) is 2. The van der Waals surface area contributed by atoms with Gasteiger partial charge in [-0.15, -0.1) is 0 Å². The van der Waals surface area contributed by atoms with E-state index in [1.165, 1.54) is 44.9 Å². The van der Waals surface area contributed by atoms with Gasteiger partial charge in [0.1, 0.15) is 40.7 Å². The number of benzene rings is 1. The fraction of sp³-hybridized carbons (Fsp3) is 0.588. The predicted molar refractivity (Wildman–Crippen MR) is 177 cm³/mol. The molecule has 14 heteroatoms. The van der Waals surface area contributed by atoms with Gasteiger partial charge in [-0.2, -0.15) is 0 Å². The van der Waals surface area contributed by atoms with Crippen molar-refractivity contribution in [3.05, 3.63) is 46.5 Å². The van der Waals surface area contributed by atoms with Gasteiger partial charge in [-0.1, -0.05) is 42.3 Å². The highest BCUT2D eigenvalue weighted by Gasteiger charge is 2.64. The van der Waals surface area contributed by atoms with Crippen LogP contribution in [-0.4, -0.2) is 104 Å². The number of alkyl carbamates (subject to hydrolysis) is 1. The molecule has 3 aliphatic heterocycles. The highest BCUT2D eigenvalue weighted by Crippen LogP contribution is 2.49. The third-order valence-corrected chi connectivity index (χ3v) is 10.0. The van der Waals surface area contributed by atoms with Crippen LogP contribution in [0.25, 0.3) is 0 Å². The third-order valence-electron chi connectivity index (χ3n) is 9.63. The van der Waals surface area contributed by atoms with E-state index in [0.717, 1.165) is 11.1 Å². The summed E-state index contributed by atoms with van der Waals surface area (Å²) in [6.45, 7) is 8.29. The highest BCUT2D eigenvalue weighted by molar-refractivity contribution is 6.35. The summed E-state index contributed by atoms with van der Waals surface area (Å²) < 4.78 is 28.9. The molecule has 3 aliphatic rings. The number of ether oxygens (including phenoxy) is 5. The molecule has 8 atom stereocenters. The van der Waals surface area contributed by atoms with E-state index < -0.39 is 65.7 Å². The third kappa shape index (κ3) is 7.64. The van der Waals surface area contributed by atoms with Crippen LogP contribution in [0.3, 0.4) is 0 Å². The van der Waals surface area contributed by atoms with Gasteiger partial charge in [-0.3, -0.25) is 14.9 Å². The number of halogens is 1. The maximum atomic E-state index is 14.0. The van der Waals surface area contributed by atoms with Crippen LogP contribution in [0.1, 0.15) is 53.0 Å². The summed E-state index contributed by atoms with van der Waals surface area (Å²) >= 11 is 6.71. The number of anilines is 1. The Kier molecular flexibility index (Phi) is 11.2. The minimum atomic E-state index is -1.81. The second-order valence-electron chi connectivity index (χ2n) is 13.0. The van der Waals surface area contributed by atoms with Crippen molar-refractivity contribution in [3.63, 3.8) is 0 Å². The van der Waals surface area contributed by atoms with Crippen LogP contribution >= 0.6 is 11.6 Å². The smallest absolute Gasteiger partial charge is 0.409 e. The zero-order valence-electron chi connectivity index (χ0n) is 28.9. The number of carbonyl (C=O) groups is 4. The van der Waals surface area contributed by atoms with Gasteiger partial charge in [0.05, 0.1) is 25.3 Å². The molecule has 1 aromatic rings. The molecular formula is C34H46ClN3O10. The van der Waals surface area contributed by atoms with Crippen molar-refractivity contribution in [2.45, 2.75) is 95.7 Å². The van der Waals surface area contributed by atoms with E-state index in [9.17, 15) is 24.3 Å². The highest BCUT2D eigenvalue weighted by atomic mass is 35.5. The number of esters is 1. The molecule has 48 heavy (non-hydrogen) atoms. The molecule has 4 bridgehead atoms. The Hall–Kier alpha value is -3.65. The standard InChI is InChI=1S/C34H46ClN3O10/c1-18-11-10-12-26(45-9)34(43)17-25(46-32(42)36-34)19(2)30-33(5,48-30)27(47-31(41)20(3)37(6)21(4)39)16-28(40)38(7)23-14-22(13-18)15-24(44-8)29(23)35/h10-12,14-15,19-20,25-27,30,43H,13,16-17H2,1-9H3,(H,36,42)/b12-10+,18-11-/t19-,20-,25-,26+,27+,30-,33-,34-/m0/s1. The molecule has 0 spiro atoms. The molecule has 2 N–H and O–H groups in total. The predicted octanol–water partition coefficient (Wildman–Crippen LogP) is 3.53. The van der Waals surface area contributed by atoms with E-state index in [0.29, 0.717) is 17.9 Å². The van der Waals surface area contributed by atoms with Gasteiger partial charge < -0.3 is 38.6 Å². The largest absolute Gasteiger partial charge is 0.495 e. The van der Waals surface area contributed by atoms with Crippen molar-refractivity contribution in [1.29, 1.82) is 0 Å². The Balaban J connectivity index is 1.80. The van der Waals surface area contributed by atoms with Crippen molar-refractivity contribution in [3.8, 4) is 5.75 Å². The second-order valence-corrected chi connectivity index (χ2v) is 13.4. The average Bonchev–Trinajstić information content (AvgIpc) is 3.73. The fourth-order valence-corrected chi connectivity index (χ4v) is 6.59. The quantitative estimate of drug-likeness (QED) is 0.346. The number of nitrogens with one attached hydrogen (secondary N) is 1. The van der Waals surface area contributed by atoms with Crippen LogP contribution in [0.2, 0.25) is 5.02 Å². The molecule has 264 valence electrons. The van der Waals surface area contributed by atoms with Crippen LogP contribution in [0.5, 0.6) is 5.75 Å². The number of fused-ring (bicyclic) bond motifs is 5. The lowest BCUT2D eigenvalue weighted by Crippen LogP contribution is -2.63. The summed E-state index contributed by atoms with van der Waals surface area (Å²) in [5.41, 5.74) is -0.871. The van der Waals surface area contributed by atoms with E-state index in [1.54, 1.807) is 45.2 Å². The van der Waals surface area contributed by atoms with Gasteiger partial charge in [-0.05, 0) is 44.9 Å². The Morgan fingerprint density at radius 2 is 1.94 bits per heavy atom.